The molecule has 0 amide bonds. The fourth-order valence-corrected chi connectivity index (χ4v) is 2.49. The summed E-state index contributed by atoms with van der Waals surface area (Å²) in [5, 5.41) is 0. The maximum atomic E-state index is 6.01. The van der Waals surface area contributed by atoms with Crippen molar-refractivity contribution in [1.29, 1.82) is 0 Å². The van der Waals surface area contributed by atoms with E-state index < -0.39 is 0 Å². The van der Waals surface area contributed by atoms with E-state index in [1.807, 2.05) is 24.3 Å². The van der Waals surface area contributed by atoms with Gasteiger partial charge in [-0.15, -0.1) is 0 Å². The van der Waals surface area contributed by atoms with Crippen LogP contribution in [0.3, 0.4) is 0 Å². The maximum absolute atomic E-state index is 6.01. The summed E-state index contributed by atoms with van der Waals surface area (Å²) in [5.41, 5.74) is 19.4. The van der Waals surface area contributed by atoms with Crippen LogP contribution in [0.4, 0.5) is 5.69 Å². The first-order valence-electron chi connectivity index (χ1n) is 7.80. The standard InChI is InChI=1S/C16H26N6/c1-12-7-10-22(11-8-12)16(19)21-15(18)20-14-4-2-13(3-5-14)6-9-17/h2-5,12H,6-11,17H2,1H3,(H4,18,19,20,21). The Morgan fingerprint density at radius 3 is 2.41 bits per heavy atom. The van der Waals surface area contributed by atoms with Gasteiger partial charge in [-0.3, -0.25) is 0 Å². The second-order valence-corrected chi connectivity index (χ2v) is 5.81. The number of benzene rings is 1. The Morgan fingerprint density at radius 1 is 1.18 bits per heavy atom. The molecule has 1 saturated heterocycles. The molecule has 6 nitrogen and oxygen atoms in total. The van der Waals surface area contributed by atoms with Gasteiger partial charge in [0.05, 0.1) is 5.69 Å². The van der Waals surface area contributed by atoms with Crippen LogP contribution in [0.25, 0.3) is 0 Å². The Bertz CT molecular complexity index is 526. The summed E-state index contributed by atoms with van der Waals surface area (Å²) in [5.74, 6) is 1.39. The second kappa shape index (κ2) is 7.79. The summed E-state index contributed by atoms with van der Waals surface area (Å²) in [7, 11) is 0. The van der Waals surface area contributed by atoms with Crippen LogP contribution in [-0.2, 0) is 6.42 Å². The Morgan fingerprint density at radius 2 is 1.82 bits per heavy atom. The van der Waals surface area contributed by atoms with E-state index in [2.05, 4.69) is 21.8 Å². The van der Waals surface area contributed by atoms with Crippen molar-refractivity contribution in [3.05, 3.63) is 29.8 Å². The topological polar surface area (TPSA) is 106 Å². The smallest absolute Gasteiger partial charge is 0.223 e. The van der Waals surface area contributed by atoms with Crippen molar-refractivity contribution >= 4 is 17.6 Å². The first-order valence-corrected chi connectivity index (χ1v) is 7.80. The molecule has 2 rings (SSSR count). The maximum Gasteiger partial charge on any atom is 0.223 e. The number of hydrogen-bond donors (Lipinski definition) is 3. The van der Waals surface area contributed by atoms with E-state index in [-0.39, 0.29) is 5.96 Å². The summed E-state index contributed by atoms with van der Waals surface area (Å²) in [6.45, 7) is 4.75. The highest BCUT2D eigenvalue weighted by molar-refractivity contribution is 5.94. The summed E-state index contributed by atoms with van der Waals surface area (Å²) < 4.78 is 0. The molecule has 0 saturated carbocycles. The number of aliphatic imine (C=N–C) groups is 2. The average molecular weight is 302 g/mol. The zero-order valence-corrected chi connectivity index (χ0v) is 13.2. The molecule has 0 atom stereocenters. The quantitative estimate of drug-likeness (QED) is 0.576. The zero-order valence-electron chi connectivity index (χ0n) is 13.2. The predicted molar refractivity (Wildman–Crippen MR) is 92.1 cm³/mol. The highest BCUT2D eigenvalue weighted by Gasteiger charge is 2.17. The van der Waals surface area contributed by atoms with Crippen LogP contribution in [0.5, 0.6) is 0 Å². The lowest BCUT2D eigenvalue weighted by atomic mass is 10.00. The average Bonchev–Trinajstić information content (AvgIpc) is 2.50. The van der Waals surface area contributed by atoms with Crippen LogP contribution >= 0.6 is 0 Å². The molecule has 0 spiro atoms. The molecule has 1 fully saturated rings. The first-order chi connectivity index (χ1) is 10.6. The van der Waals surface area contributed by atoms with Crippen LogP contribution < -0.4 is 17.2 Å². The Hall–Kier alpha value is -2.08. The largest absolute Gasteiger partial charge is 0.369 e. The molecular weight excluding hydrogens is 276 g/mol. The van der Waals surface area contributed by atoms with Gasteiger partial charge in [0.2, 0.25) is 5.96 Å². The van der Waals surface area contributed by atoms with Gasteiger partial charge in [0.15, 0.2) is 5.96 Å². The van der Waals surface area contributed by atoms with E-state index in [0.717, 1.165) is 44.0 Å². The van der Waals surface area contributed by atoms with Gasteiger partial charge in [0.1, 0.15) is 0 Å². The number of hydrogen-bond acceptors (Lipinski definition) is 2. The van der Waals surface area contributed by atoms with Gasteiger partial charge in [0, 0.05) is 13.1 Å². The summed E-state index contributed by atoms with van der Waals surface area (Å²) in [6.07, 6.45) is 3.13. The second-order valence-electron chi connectivity index (χ2n) is 5.81. The molecule has 0 bridgehead atoms. The minimum atomic E-state index is 0.183. The van der Waals surface area contributed by atoms with Crippen LogP contribution in [0.2, 0.25) is 0 Å². The first kappa shape index (κ1) is 16.3. The number of piperidine rings is 1. The molecule has 1 aliphatic heterocycles. The number of rotatable bonds is 3. The van der Waals surface area contributed by atoms with Crippen molar-refractivity contribution in [3.63, 3.8) is 0 Å². The molecule has 6 heteroatoms. The third-order valence-electron chi connectivity index (χ3n) is 3.95. The van der Waals surface area contributed by atoms with E-state index in [0.29, 0.717) is 12.5 Å². The number of guanidine groups is 2. The van der Waals surface area contributed by atoms with Crippen molar-refractivity contribution in [2.45, 2.75) is 26.2 Å². The number of likely N-dealkylation sites (tertiary alicyclic amines) is 1. The van der Waals surface area contributed by atoms with Crippen LogP contribution in [0.15, 0.2) is 34.3 Å². The van der Waals surface area contributed by atoms with E-state index in [1.54, 1.807) is 0 Å². The van der Waals surface area contributed by atoms with Crippen LogP contribution in [0, 0.1) is 5.92 Å². The fourth-order valence-electron chi connectivity index (χ4n) is 2.49. The highest BCUT2D eigenvalue weighted by Crippen LogP contribution is 2.16. The molecule has 0 radical (unpaired) electrons. The molecule has 22 heavy (non-hydrogen) atoms. The Labute approximate surface area is 132 Å². The lowest BCUT2D eigenvalue weighted by molar-refractivity contribution is 0.278. The monoisotopic (exact) mass is 302 g/mol. The van der Waals surface area contributed by atoms with Crippen LogP contribution in [-0.4, -0.2) is 36.5 Å². The molecule has 1 aromatic carbocycles. The molecular formula is C16H26N6. The molecule has 0 aromatic heterocycles. The fraction of sp³-hybridized carbons (Fsp3) is 0.500. The molecule has 1 heterocycles. The summed E-state index contributed by atoms with van der Waals surface area (Å²) >= 11 is 0. The third kappa shape index (κ3) is 4.73. The Balaban J connectivity index is 2.00. The molecule has 0 aliphatic carbocycles. The van der Waals surface area contributed by atoms with E-state index in [4.69, 9.17) is 17.2 Å². The van der Waals surface area contributed by atoms with Gasteiger partial charge in [-0.05, 0) is 49.4 Å². The van der Waals surface area contributed by atoms with Gasteiger partial charge < -0.3 is 22.1 Å². The number of nitrogens with zero attached hydrogens (tertiary/aromatic N) is 3. The van der Waals surface area contributed by atoms with E-state index in [9.17, 15) is 0 Å². The van der Waals surface area contributed by atoms with E-state index in [1.165, 1.54) is 5.56 Å². The van der Waals surface area contributed by atoms with Gasteiger partial charge in [-0.2, -0.15) is 4.99 Å². The lowest BCUT2D eigenvalue weighted by Gasteiger charge is -2.30. The van der Waals surface area contributed by atoms with Gasteiger partial charge in [-0.1, -0.05) is 19.1 Å². The zero-order chi connectivity index (χ0) is 15.9. The minimum absolute atomic E-state index is 0.183. The molecule has 1 aliphatic rings. The lowest BCUT2D eigenvalue weighted by Crippen LogP contribution is -2.43. The highest BCUT2D eigenvalue weighted by atomic mass is 15.3. The number of nitrogens with two attached hydrogens (primary N) is 3. The van der Waals surface area contributed by atoms with Gasteiger partial charge >= 0.3 is 0 Å². The third-order valence-corrected chi connectivity index (χ3v) is 3.95. The van der Waals surface area contributed by atoms with Crippen LogP contribution in [0.1, 0.15) is 25.3 Å². The Kier molecular flexibility index (Phi) is 5.77. The molecule has 1 aromatic rings. The van der Waals surface area contributed by atoms with Gasteiger partial charge in [-0.25, -0.2) is 4.99 Å². The minimum Gasteiger partial charge on any atom is -0.369 e. The van der Waals surface area contributed by atoms with Crippen molar-refractivity contribution in [3.8, 4) is 0 Å². The molecule has 120 valence electrons. The van der Waals surface area contributed by atoms with Crippen molar-refractivity contribution in [1.82, 2.24) is 4.90 Å². The predicted octanol–water partition coefficient (Wildman–Crippen LogP) is 1.18. The summed E-state index contributed by atoms with van der Waals surface area (Å²) in [6, 6.07) is 7.81. The van der Waals surface area contributed by atoms with Crippen molar-refractivity contribution < 1.29 is 0 Å². The molecule has 6 N–H and O–H groups in total. The van der Waals surface area contributed by atoms with Crippen molar-refractivity contribution in [2.75, 3.05) is 19.6 Å². The van der Waals surface area contributed by atoms with E-state index >= 15 is 0 Å². The molecule has 0 unspecified atom stereocenters. The summed E-state index contributed by atoms with van der Waals surface area (Å²) in [4.78, 5) is 10.5. The van der Waals surface area contributed by atoms with Gasteiger partial charge in [0.25, 0.3) is 0 Å². The SMILES string of the molecule is CC1CCN(/C(N)=N/C(N)=Nc2ccc(CCN)cc2)CC1. The van der Waals surface area contributed by atoms with Crippen molar-refractivity contribution in [2.24, 2.45) is 33.1 Å². The normalized spacial score (nSPS) is 17.8.